The molecule has 3 aromatic rings. The molecule has 0 spiro atoms. The Hall–Kier alpha value is -3.98. The highest BCUT2D eigenvalue weighted by atomic mass is 79.9. The van der Waals surface area contributed by atoms with Gasteiger partial charge in [-0.25, -0.2) is 0 Å². The van der Waals surface area contributed by atoms with Crippen molar-refractivity contribution in [2.45, 2.75) is 0 Å². The van der Waals surface area contributed by atoms with Crippen LogP contribution in [-0.2, 0) is 4.79 Å². The van der Waals surface area contributed by atoms with E-state index in [-0.39, 0.29) is 11.4 Å². The van der Waals surface area contributed by atoms with E-state index in [1.165, 1.54) is 31.4 Å². The molecule has 0 aromatic heterocycles. The van der Waals surface area contributed by atoms with Gasteiger partial charge in [0, 0.05) is 27.9 Å². The van der Waals surface area contributed by atoms with Crippen LogP contribution in [0.4, 0.5) is 11.4 Å². The van der Waals surface area contributed by atoms with Gasteiger partial charge in [-0.15, -0.1) is 0 Å². The number of amides is 2. The van der Waals surface area contributed by atoms with Crippen LogP contribution in [0.1, 0.15) is 15.9 Å². The van der Waals surface area contributed by atoms with Crippen LogP contribution in [-0.4, -0.2) is 23.8 Å². The number of carbonyl (C=O) groups excluding carboxylic acids is 2. The Morgan fingerprint density at radius 3 is 2.34 bits per heavy atom. The van der Waals surface area contributed by atoms with Gasteiger partial charge in [-0.1, -0.05) is 28.1 Å². The highest BCUT2D eigenvalue weighted by Gasteiger charge is 2.16. The van der Waals surface area contributed by atoms with E-state index >= 15 is 0 Å². The molecule has 0 saturated heterocycles. The molecular weight excluding hydrogens is 478 g/mol. The molecule has 0 aliphatic heterocycles. The summed E-state index contributed by atoms with van der Waals surface area (Å²) in [5, 5.41) is 16.4. The maximum absolute atomic E-state index is 12.9. The predicted molar refractivity (Wildman–Crippen MR) is 124 cm³/mol. The van der Waals surface area contributed by atoms with Crippen LogP contribution in [0, 0.1) is 10.1 Å². The van der Waals surface area contributed by atoms with Crippen molar-refractivity contribution < 1.29 is 19.2 Å². The number of nitrogens with zero attached hydrogens (tertiary/aromatic N) is 1. The molecule has 3 rings (SSSR count). The van der Waals surface area contributed by atoms with E-state index in [1.807, 2.05) is 0 Å². The summed E-state index contributed by atoms with van der Waals surface area (Å²) < 4.78 is 5.91. The van der Waals surface area contributed by atoms with Crippen molar-refractivity contribution in [1.82, 2.24) is 5.32 Å². The molecule has 0 bridgehead atoms. The van der Waals surface area contributed by atoms with Gasteiger partial charge in [0.1, 0.15) is 11.4 Å². The molecule has 3 aromatic carbocycles. The predicted octanol–water partition coefficient (Wildman–Crippen LogP) is 4.78. The van der Waals surface area contributed by atoms with Crippen molar-refractivity contribution in [2.24, 2.45) is 0 Å². The lowest BCUT2D eigenvalue weighted by atomic mass is 10.1. The van der Waals surface area contributed by atoms with Gasteiger partial charge in [0.25, 0.3) is 17.5 Å². The fourth-order valence-corrected chi connectivity index (χ4v) is 2.99. The Labute approximate surface area is 192 Å². The molecule has 0 aliphatic rings. The molecule has 2 amide bonds. The lowest BCUT2D eigenvalue weighted by Gasteiger charge is -2.12. The van der Waals surface area contributed by atoms with Gasteiger partial charge in [-0.2, -0.15) is 0 Å². The topological polar surface area (TPSA) is 111 Å². The molecule has 0 saturated carbocycles. The maximum Gasteiger partial charge on any atom is 0.272 e. The highest BCUT2D eigenvalue weighted by Crippen LogP contribution is 2.18. The van der Waals surface area contributed by atoms with Crippen molar-refractivity contribution in [2.75, 3.05) is 12.4 Å². The Bertz CT molecular complexity index is 1170. The molecule has 9 heteroatoms. The van der Waals surface area contributed by atoms with E-state index < -0.39 is 16.7 Å². The number of ether oxygens (including phenoxy) is 1. The van der Waals surface area contributed by atoms with Gasteiger partial charge in [-0.3, -0.25) is 19.7 Å². The normalized spacial score (nSPS) is 10.9. The number of carbonyl (C=O) groups is 2. The molecule has 0 atom stereocenters. The van der Waals surface area contributed by atoms with Crippen molar-refractivity contribution in [3.8, 4) is 5.75 Å². The Morgan fingerprint density at radius 2 is 1.72 bits per heavy atom. The first-order valence-corrected chi connectivity index (χ1v) is 10.1. The average molecular weight is 496 g/mol. The van der Waals surface area contributed by atoms with Gasteiger partial charge in [0.05, 0.1) is 12.0 Å². The fourth-order valence-electron chi connectivity index (χ4n) is 2.72. The second kappa shape index (κ2) is 10.4. The van der Waals surface area contributed by atoms with Gasteiger partial charge in [0.2, 0.25) is 0 Å². The van der Waals surface area contributed by atoms with E-state index in [4.69, 9.17) is 4.74 Å². The van der Waals surface area contributed by atoms with E-state index in [2.05, 4.69) is 26.6 Å². The van der Waals surface area contributed by atoms with Gasteiger partial charge >= 0.3 is 0 Å². The third-order valence-corrected chi connectivity index (χ3v) is 4.87. The zero-order valence-corrected chi connectivity index (χ0v) is 18.5. The summed E-state index contributed by atoms with van der Waals surface area (Å²) in [5.41, 5.74) is 1.01. The van der Waals surface area contributed by atoms with Crippen molar-refractivity contribution in [3.05, 3.63) is 104 Å². The lowest BCUT2D eigenvalue weighted by Crippen LogP contribution is -2.30. The number of rotatable bonds is 7. The Balaban J connectivity index is 1.91. The number of benzene rings is 3. The molecular formula is C23H18BrN3O5. The van der Waals surface area contributed by atoms with Crippen molar-refractivity contribution >= 4 is 45.2 Å². The van der Waals surface area contributed by atoms with Gasteiger partial charge in [0.15, 0.2) is 0 Å². The number of hydrogen-bond acceptors (Lipinski definition) is 5. The molecule has 0 unspecified atom stereocenters. The number of nitrogens with one attached hydrogen (secondary N) is 2. The van der Waals surface area contributed by atoms with Crippen molar-refractivity contribution in [1.29, 1.82) is 0 Å². The standard InChI is InChI=1S/C23H18BrN3O5/c1-32-20-11-9-18(10-12-20)25-23(29)21(14-15-3-2-4-19(13-15)27(30)31)26-22(28)16-5-7-17(24)8-6-16/h2-14H,1H3,(H,25,29)(H,26,28)/b21-14+. The number of methoxy groups -OCH3 is 1. The molecule has 2 N–H and O–H groups in total. The summed E-state index contributed by atoms with van der Waals surface area (Å²) in [6.07, 6.45) is 1.38. The molecule has 32 heavy (non-hydrogen) atoms. The molecule has 0 heterocycles. The fraction of sp³-hybridized carbons (Fsp3) is 0.0435. The smallest absolute Gasteiger partial charge is 0.272 e. The Morgan fingerprint density at radius 1 is 1.03 bits per heavy atom. The second-order valence-corrected chi connectivity index (χ2v) is 7.47. The molecule has 0 radical (unpaired) electrons. The van der Waals surface area contributed by atoms with Crippen LogP contribution in [0.15, 0.2) is 83.0 Å². The monoisotopic (exact) mass is 495 g/mol. The molecule has 0 fully saturated rings. The second-order valence-electron chi connectivity index (χ2n) is 6.55. The first-order chi connectivity index (χ1) is 15.4. The van der Waals surface area contributed by atoms with Crippen LogP contribution in [0.25, 0.3) is 6.08 Å². The van der Waals surface area contributed by atoms with Crippen LogP contribution < -0.4 is 15.4 Å². The molecule has 8 nitrogen and oxygen atoms in total. The molecule has 162 valence electrons. The summed E-state index contributed by atoms with van der Waals surface area (Å²) in [4.78, 5) is 36.2. The summed E-state index contributed by atoms with van der Waals surface area (Å²) >= 11 is 3.31. The van der Waals surface area contributed by atoms with Crippen LogP contribution >= 0.6 is 15.9 Å². The minimum atomic E-state index is -0.591. The first-order valence-electron chi connectivity index (χ1n) is 9.34. The zero-order valence-electron chi connectivity index (χ0n) is 16.9. The van der Waals surface area contributed by atoms with E-state index in [0.29, 0.717) is 22.6 Å². The number of nitro benzene ring substituents is 1. The van der Waals surface area contributed by atoms with Crippen LogP contribution in [0.2, 0.25) is 0 Å². The lowest BCUT2D eigenvalue weighted by molar-refractivity contribution is -0.384. The third-order valence-electron chi connectivity index (χ3n) is 4.34. The first kappa shape index (κ1) is 22.7. The van der Waals surface area contributed by atoms with Gasteiger partial charge < -0.3 is 15.4 Å². The number of halogens is 1. The average Bonchev–Trinajstić information content (AvgIpc) is 2.79. The Kier molecular flexibility index (Phi) is 7.35. The minimum Gasteiger partial charge on any atom is -0.497 e. The quantitative estimate of drug-likeness (QED) is 0.278. The highest BCUT2D eigenvalue weighted by molar-refractivity contribution is 9.10. The zero-order chi connectivity index (χ0) is 23.1. The largest absolute Gasteiger partial charge is 0.497 e. The summed E-state index contributed by atoms with van der Waals surface area (Å²) in [5.74, 6) is -0.468. The SMILES string of the molecule is COc1ccc(NC(=O)/C(=C\c2cccc([N+](=O)[O-])c2)NC(=O)c2ccc(Br)cc2)cc1. The summed E-state index contributed by atoms with van der Waals surface area (Å²) in [6, 6.07) is 19.0. The van der Waals surface area contributed by atoms with E-state index in [9.17, 15) is 19.7 Å². The minimum absolute atomic E-state index is 0.0748. The van der Waals surface area contributed by atoms with Gasteiger partial charge in [-0.05, 0) is 60.2 Å². The van der Waals surface area contributed by atoms with Crippen LogP contribution in [0.5, 0.6) is 5.75 Å². The molecule has 0 aliphatic carbocycles. The number of nitro groups is 1. The van der Waals surface area contributed by atoms with Crippen LogP contribution in [0.3, 0.4) is 0 Å². The maximum atomic E-state index is 12.9. The number of hydrogen-bond donors (Lipinski definition) is 2. The van der Waals surface area contributed by atoms with E-state index in [0.717, 1.165) is 4.47 Å². The number of anilines is 1. The summed E-state index contributed by atoms with van der Waals surface area (Å²) in [7, 11) is 1.53. The summed E-state index contributed by atoms with van der Waals surface area (Å²) in [6.45, 7) is 0. The third kappa shape index (κ3) is 6.02. The van der Waals surface area contributed by atoms with E-state index in [1.54, 1.807) is 54.6 Å². The number of non-ortho nitro benzene ring substituents is 1. The van der Waals surface area contributed by atoms with Crippen molar-refractivity contribution in [3.63, 3.8) is 0 Å².